The molecule has 4 N–H and O–H groups in total. The van der Waals surface area contributed by atoms with Crippen molar-refractivity contribution in [1.82, 2.24) is 35.3 Å². The second kappa shape index (κ2) is 12.9. The maximum atomic E-state index is 14.0. The molecule has 1 aliphatic rings. The van der Waals surface area contributed by atoms with E-state index in [0.717, 1.165) is 50.5 Å². The summed E-state index contributed by atoms with van der Waals surface area (Å²) in [5, 5.41) is 14.4. The summed E-state index contributed by atoms with van der Waals surface area (Å²) in [6.45, 7) is 5.33. The molecule has 4 aromatic rings. The highest BCUT2D eigenvalue weighted by Crippen LogP contribution is 2.34. The van der Waals surface area contributed by atoms with Gasteiger partial charge in [0.2, 0.25) is 0 Å². The van der Waals surface area contributed by atoms with Crippen LogP contribution in [0.15, 0.2) is 36.7 Å². The minimum absolute atomic E-state index is 0.0620. The first kappa shape index (κ1) is 30.1. The molecule has 4 heterocycles. The lowest BCUT2D eigenvalue weighted by atomic mass is 10.2. The number of H-pyrrole nitrogens is 1. The zero-order valence-electron chi connectivity index (χ0n) is 22.8. The number of carbonyl (C=O) groups excluding carboxylic acids is 2. The van der Waals surface area contributed by atoms with Crippen LogP contribution in [-0.2, 0) is 6.18 Å². The number of nitrogens with zero attached hydrogens (tertiary/aromatic N) is 5. The lowest BCUT2D eigenvalue weighted by Crippen LogP contribution is -2.45. The average Bonchev–Trinajstić information content (AvgIpc) is 3.62. The minimum Gasteiger partial charge on any atom is -0.409 e. The molecule has 0 spiro atoms. The van der Waals surface area contributed by atoms with Crippen LogP contribution in [0.2, 0.25) is 0 Å². The molecule has 3 aromatic heterocycles. The van der Waals surface area contributed by atoms with Crippen LogP contribution >= 0.6 is 11.3 Å². The van der Waals surface area contributed by atoms with Crippen molar-refractivity contribution in [3.05, 3.63) is 48.0 Å². The summed E-state index contributed by atoms with van der Waals surface area (Å²) >= 11 is 0.988. The Labute approximate surface area is 246 Å². The van der Waals surface area contributed by atoms with Gasteiger partial charge in [0, 0.05) is 45.0 Å². The maximum absolute atomic E-state index is 14.0. The van der Waals surface area contributed by atoms with Crippen LogP contribution in [0.3, 0.4) is 0 Å². The van der Waals surface area contributed by atoms with Crippen LogP contribution in [0.4, 0.5) is 38.0 Å². The van der Waals surface area contributed by atoms with E-state index in [-0.39, 0.29) is 10.9 Å². The molecule has 1 fully saturated rings. The number of hydrogen-bond donors (Lipinski definition) is 4. The monoisotopic (exact) mass is 621 g/mol. The molecule has 228 valence electrons. The molecule has 0 radical (unpaired) electrons. The summed E-state index contributed by atoms with van der Waals surface area (Å²) in [6, 6.07) is 2.22. The number of benzene rings is 1. The Balaban J connectivity index is 1.20. The van der Waals surface area contributed by atoms with Crippen LogP contribution in [0.5, 0.6) is 5.75 Å². The molecular formula is C26H27F4N9O3S. The van der Waals surface area contributed by atoms with Gasteiger partial charge in [-0.15, -0.1) is 0 Å². The van der Waals surface area contributed by atoms with Gasteiger partial charge in [-0.25, -0.2) is 23.9 Å². The average molecular weight is 622 g/mol. The van der Waals surface area contributed by atoms with Crippen LogP contribution in [0.25, 0.3) is 21.6 Å². The third-order valence-electron chi connectivity index (χ3n) is 6.62. The fraction of sp³-hybridized carbons (Fsp3) is 0.346. The molecule has 0 bridgehead atoms. The molecule has 5 rings (SSSR count). The molecule has 1 saturated heterocycles. The standard InChI is InChI=1S/C26H27F4N9O3S/c1-38-7-9-39(10-8-38)6-2-5-31-25(41)42-20-12-19(34-22-16(20)13-33-37-22)21-14-32-24(43-21)36-23(40)35-18-11-15(26(28,29)30)3-4-17(18)27/h3-4,11-14H,2,5-10H2,1H3,(H,31,41)(H,33,34,37)(H2,32,35,36,40). The number of hydrogen-bond acceptors (Lipinski definition) is 9. The normalized spacial score (nSPS) is 14.5. The number of halogens is 4. The molecule has 0 atom stereocenters. The summed E-state index contributed by atoms with van der Waals surface area (Å²) in [5.74, 6) is -0.836. The number of ether oxygens (including phenoxy) is 1. The molecule has 0 unspecified atom stereocenters. The number of alkyl halides is 3. The van der Waals surface area contributed by atoms with Crippen LogP contribution in [0, 0.1) is 5.82 Å². The van der Waals surface area contributed by atoms with Gasteiger partial charge in [0.25, 0.3) is 0 Å². The third-order valence-corrected chi connectivity index (χ3v) is 7.56. The summed E-state index contributed by atoms with van der Waals surface area (Å²) in [4.78, 5) is 38.5. The predicted octanol–water partition coefficient (Wildman–Crippen LogP) is 4.61. The predicted molar refractivity (Wildman–Crippen MR) is 152 cm³/mol. The van der Waals surface area contributed by atoms with Crippen molar-refractivity contribution in [2.75, 3.05) is 56.9 Å². The number of nitrogens with one attached hydrogen (secondary N) is 4. The van der Waals surface area contributed by atoms with Crippen molar-refractivity contribution in [3.63, 3.8) is 0 Å². The topological polar surface area (TPSA) is 140 Å². The van der Waals surface area contributed by atoms with Crippen molar-refractivity contribution in [2.45, 2.75) is 12.6 Å². The maximum Gasteiger partial charge on any atom is 0.416 e. The number of aromatic amines is 1. The van der Waals surface area contributed by atoms with E-state index in [0.29, 0.717) is 46.3 Å². The minimum atomic E-state index is -4.71. The molecule has 0 aliphatic carbocycles. The van der Waals surface area contributed by atoms with E-state index in [1.165, 1.54) is 18.5 Å². The first-order chi connectivity index (χ1) is 20.5. The Bertz CT molecular complexity index is 1600. The molecule has 1 aromatic carbocycles. The summed E-state index contributed by atoms with van der Waals surface area (Å²) in [7, 11) is 2.09. The van der Waals surface area contributed by atoms with Crippen molar-refractivity contribution < 1.29 is 31.9 Å². The van der Waals surface area contributed by atoms with E-state index in [4.69, 9.17) is 4.74 Å². The number of anilines is 2. The van der Waals surface area contributed by atoms with Gasteiger partial charge in [0.05, 0.1) is 33.4 Å². The van der Waals surface area contributed by atoms with Crippen molar-refractivity contribution in [2.24, 2.45) is 0 Å². The third kappa shape index (κ3) is 7.74. The van der Waals surface area contributed by atoms with Gasteiger partial charge in [-0.1, -0.05) is 11.3 Å². The van der Waals surface area contributed by atoms with Gasteiger partial charge in [-0.05, 0) is 38.2 Å². The van der Waals surface area contributed by atoms with Crippen molar-refractivity contribution >= 4 is 45.3 Å². The summed E-state index contributed by atoms with van der Waals surface area (Å²) in [5.41, 5.74) is -1.06. The number of carbonyl (C=O) groups is 2. The molecule has 3 amide bonds. The quantitative estimate of drug-likeness (QED) is 0.165. The number of aromatic nitrogens is 4. The number of rotatable bonds is 8. The molecule has 12 nitrogen and oxygen atoms in total. The van der Waals surface area contributed by atoms with Crippen LogP contribution in [0.1, 0.15) is 12.0 Å². The number of thiazole rings is 1. The van der Waals surface area contributed by atoms with E-state index in [9.17, 15) is 27.2 Å². The largest absolute Gasteiger partial charge is 0.416 e. The number of fused-ring (bicyclic) bond motifs is 1. The Hall–Kier alpha value is -4.35. The fourth-order valence-electron chi connectivity index (χ4n) is 4.31. The highest BCUT2D eigenvalue weighted by molar-refractivity contribution is 7.19. The van der Waals surface area contributed by atoms with E-state index in [1.807, 2.05) is 0 Å². The Kier molecular flexibility index (Phi) is 9.02. The Morgan fingerprint density at radius 1 is 1.12 bits per heavy atom. The molecule has 17 heteroatoms. The lowest BCUT2D eigenvalue weighted by molar-refractivity contribution is -0.137. The zero-order chi connectivity index (χ0) is 30.6. The Morgan fingerprint density at radius 2 is 1.91 bits per heavy atom. The highest BCUT2D eigenvalue weighted by atomic mass is 32.1. The summed E-state index contributed by atoms with van der Waals surface area (Å²) < 4.78 is 58.4. The Morgan fingerprint density at radius 3 is 2.67 bits per heavy atom. The van der Waals surface area contributed by atoms with E-state index < -0.39 is 35.4 Å². The van der Waals surface area contributed by atoms with Gasteiger partial charge >= 0.3 is 18.3 Å². The number of amides is 3. The van der Waals surface area contributed by atoms with Gasteiger partial charge in [-0.3, -0.25) is 10.4 Å². The second-order valence-electron chi connectivity index (χ2n) is 9.75. The van der Waals surface area contributed by atoms with Crippen molar-refractivity contribution in [1.29, 1.82) is 0 Å². The van der Waals surface area contributed by atoms with Gasteiger partial charge in [0.1, 0.15) is 11.6 Å². The van der Waals surface area contributed by atoms with E-state index in [1.54, 1.807) is 0 Å². The van der Waals surface area contributed by atoms with E-state index >= 15 is 0 Å². The first-order valence-corrected chi connectivity index (χ1v) is 14.0. The van der Waals surface area contributed by atoms with Crippen LogP contribution in [-0.4, -0.2) is 88.4 Å². The lowest BCUT2D eigenvalue weighted by Gasteiger charge is -2.32. The van der Waals surface area contributed by atoms with Crippen molar-refractivity contribution in [3.8, 4) is 16.3 Å². The molecular weight excluding hydrogens is 594 g/mol. The molecule has 0 saturated carbocycles. The number of urea groups is 1. The number of pyridine rings is 1. The molecule has 43 heavy (non-hydrogen) atoms. The van der Waals surface area contributed by atoms with Gasteiger partial charge < -0.3 is 25.2 Å². The summed E-state index contributed by atoms with van der Waals surface area (Å²) in [6.07, 6.45) is -1.70. The number of likely N-dealkylation sites (N-methyl/N-ethyl adjacent to an activating group) is 1. The SMILES string of the molecule is CN1CCN(CCCNC(=O)Oc2cc(-c3cnc(NC(=O)Nc4cc(C(F)(F)F)ccc4F)s3)nc3[nH]ncc23)CC1. The van der Waals surface area contributed by atoms with Gasteiger partial charge in [-0.2, -0.15) is 18.3 Å². The second-order valence-corrected chi connectivity index (χ2v) is 10.8. The fourth-order valence-corrected chi connectivity index (χ4v) is 5.08. The number of piperazine rings is 1. The highest BCUT2D eigenvalue weighted by Gasteiger charge is 2.31. The van der Waals surface area contributed by atoms with Gasteiger partial charge in [0.15, 0.2) is 10.8 Å². The molecule has 1 aliphatic heterocycles. The first-order valence-electron chi connectivity index (χ1n) is 13.2. The van der Waals surface area contributed by atoms with Crippen LogP contribution < -0.4 is 20.7 Å². The smallest absolute Gasteiger partial charge is 0.409 e. The zero-order valence-corrected chi connectivity index (χ0v) is 23.6. The van der Waals surface area contributed by atoms with E-state index in [2.05, 4.69) is 53.0 Å².